The Hall–Kier alpha value is -0.520. The Labute approximate surface area is 89.5 Å². The maximum absolute atomic E-state index is 13.1. The number of halogens is 2. The fraction of sp³-hybridized carbons (Fsp3) is 0.333. The predicted molar refractivity (Wildman–Crippen MR) is 56.5 cm³/mol. The predicted octanol–water partition coefficient (Wildman–Crippen LogP) is 2.96. The smallest absolute Gasteiger partial charge is 0.207 e. The highest BCUT2D eigenvalue weighted by molar-refractivity contribution is 14.1. The van der Waals surface area contributed by atoms with Crippen LogP contribution in [0.25, 0.3) is 0 Å². The number of aromatic hydroxyl groups is 2. The molecule has 0 bridgehead atoms. The largest absolute Gasteiger partial charge is 0.505 e. The molecule has 0 amide bonds. The summed E-state index contributed by atoms with van der Waals surface area (Å²) in [4.78, 5) is 0. The number of hydrogen-bond donors (Lipinski definition) is 2. The van der Waals surface area contributed by atoms with Crippen LogP contribution in [-0.4, -0.2) is 10.2 Å². The molecular formula is C9H10FIO2. The Morgan fingerprint density at radius 2 is 1.85 bits per heavy atom. The Morgan fingerprint density at radius 1 is 1.31 bits per heavy atom. The van der Waals surface area contributed by atoms with Gasteiger partial charge in [0.2, 0.25) is 5.82 Å². The van der Waals surface area contributed by atoms with Crippen molar-refractivity contribution in [3.05, 3.63) is 21.0 Å². The normalized spacial score (nSPS) is 10.8. The third-order valence-electron chi connectivity index (χ3n) is 1.82. The second kappa shape index (κ2) is 3.69. The first-order valence-corrected chi connectivity index (χ1v) is 4.92. The SMILES string of the molecule is CC(C)c1cc(I)c(O)c(F)c1O. The average molecular weight is 296 g/mol. The summed E-state index contributed by atoms with van der Waals surface area (Å²) in [6.07, 6.45) is 0. The van der Waals surface area contributed by atoms with Crippen molar-refractivity contribution in [1.82, 2.24) is 0 Å². The summed E-state index contributed by atoms with van der Waals surface area (Å²) in [6.45, 7) is 3.70. The highest BCUT2D eigenvalue weighted by Crippen LogP contribution is 2.36. The molecule has 72 valence electrons. The zero-order valence-corrected chi connectivity index (χ0v) is 9.46. The molecule has 0 heterocycles. The van der Waals surface area contributed by atoms with Crippen LogP contribution in [0.1, 0.15) is 25.3 Å². The second-order valence-electron chi connectivity index (χ2n) is 3.11. The molecule has 13 heavy (non-hydrogen) atoms. The molecular weight excluding hydrogens is 286 g/mol. The topological polar surface area (TPSA) is 40.5 Å². The molecule has 0 aliphatic carbocycles. The Balaban J connectivity index is 3.41. The van der Waals surface area contributed by atoms with E-state index in [-0.39, 0.29) is 5.92 Å². The molecule has 2 N–H and O–H groups in total. The summed E-state index contributed by atoms with van der Waals surface area (Å²) in [5.74, 6) is -1.84. The van der Waals surface area contributed by atoms with Crippen molar-refractivity contribution in [2.45, 2.75) is 19.8 Å². The molecule has 0 spiro atoms. The Bertz CT molecular complexity index is 337. The van der Waals surface area contributed by atoms with Crippen molar-refractivity contribution in [3.63, 3.8) is 0 Å². The lowest BCUT2D eigenvalue weighted by Crippen LogP contribution is -1.93. The molecule has 0 aliphatic heterocycles. The van der Waals surface area contributed by atoms with Crippen molar-refractivity contribution in [2.24, 2.45) is 0 Å². The van der Waals surface area contributed by atoms with E-state index in [4.69, 9.17) is 5.11 Å². The van der Waals surface area contributed by atoms with E-state index in [1.165, 1.54) is 0 Å². The summed E-state index contributed by atoms with van der Waals surface area (Å²) < 4.78 is 13.5. The molecule has 4 heteroatoms. The van der Waals surface area contributed by atoms with E-state index in [2.05, 4.69) is 0 Å². The van der Waals surface area contributed by atoms with Crippen LogP contribution in [0.5, 0.6) is 11.5 Å². The lowest BCUT2D eigenvalue weighted by molar-refractivity contribution is 0.381. The third kappa shape index (κ3) is 1.87. The monoisotopic (exact) mass is 296 g/mol. The maximum atomic E-state index is 13.1. The lowest BCUT2D eigenvalue weighted by atomic mass is 10.0. The third-order valence-corrected chi connectivity index (χ3v) is 2.64. The van der Waals surface area contributed by atoms with Gasteiger partial charge in [0.1, 0.15) is 0 Å². The minimum Gasteiger partial charge on any atom is -0.505 e. The fourth-order valence-corrected chi connectivity index (χ4v) is 1.63. The van der Waals surface area contributed by atoms with Crippen LogP contribution >= 0.6 is 22.6 Å². The van der Waals surface area contributed by atoms with Gasteiger partial charge in [-0.25, -0.2) is 0 Å². The van der Waals surface area contributed by atoms with Gasteiger partial charge in [0.05, 0.1) is 3.57 Å². The first kappa shape index (κ1) is 10.6. The van der Waals surface area contributed by atoms with Crippen molar-refractivity contribution in [1.29, 1.82) is 0 Å². The van der Waals surface area contributed by atoms with Crippen LogP contribution in [0.4, 0.5) is 4.39 Å². The van der Waals surface area contributed by atoms with E-state index < -0.39 is 17.3 Å². The molecule has 1 aromatic rings. The van der Waals surface area contributed by atoms with Gasteiger partial charge >= 0.3 is 0 Å². The highest BCUT2D eigenvalue weighted by Gasteiger charge is 2.17. The fourth-order valence-electron chi connectivity index (χ4n) is 1.06. The van der Waals surface area contributed by atoms with Gasteiger partial charge in [0, 0.05) is 5.56 Å². The molecule has 0 saturated carbocycles. The molecule has 0 unspecified atom stereocenters. The van der Waals surface area contributed by atoms with Crippen LogP contribution in [0.3, 0.4) is 0 Å². The molecule has 1 aromatic carbocycles. The molecule has 0 atom stereocenters. The van der Waals surface area contributed by atoms with Gasteiger partial charge in [0.25, 0.3) is 0 Å². The first-order chi connectivity index (χ1) is 5.95. The van der Waals surface area contributed by atoms with Gasteiger partial charge in [-0.3, -0.25) is 0 Å². The minimum absolute atomic E-state index is 0.0311. The summed E-state index contributed by atoms with van der Waals surface area (Å²) in [5.41, 5.74) is 0.514. The molecule has 0 aromatic heterocycles. The van der Waals surface area contributed by atoms with E-state index in [0.29, 0.717) is 9.13 Å². The van der Waals surface area contributed by atoms with E-state index in [1.807, 2.05) is 36.4 Å². The Morgan fingerprint density at radius 3 is 2.31 bits per heavy atom. The number of hydrogen-bond acceptors (Lipinski definition) is 2. The molecule has 0 aliphatic rings. The van der Waals surface area contributed by atoms with Gasteiger partial charge < -0.3 is 10.2 Å². The lowest BCUT2D eigenvalue weighted by Gasteiger charge is -2.10. The number of rotatable bonds is 1. The van der Waals surface area contributed by atoms with Crippen LogP contribution in [0.15, 0.2) is 6.07 Å². The van der Waals surface area contributed by atoms with Gasteiger partial charge in [-0.05, 0) is 34.6 Å². The number of phenolic OH excluding ortho intramolecular Hbond substituents is 2. The zero-order chi connectivity index (χ0) is 10.2. The van der Waals surface area contributed by atoms with Crippen molar-refractivity contribution < 1.29 is 14.6 Å². The van der Waals surface area contributed by atoms with Crippen LogP contribution in [0, 0.1) is 9.39 Å². The summed E-state index contributed by atoms with van der Waals surface area (Å²) in [5, 5.41) is 18.5. The van der Waals surface area contributed by atoms with E-state index in [9.17, 15) is 9.50 Å². The van der Waals surface area contributed by atoms with Crippen LogP contribution in [0.2, 0.25) is 0 Å². The quantitative estimate of drug-likeness (QED) is 0.782. The summed E-state index contributed by atoms with van der Waals surface area (Å²) in [6, 6.07) is 1.58. The Kier molecular flexibility index (Phi) is 3.00. The molecule has 1 rings (SSSR count). The van der Waals surface area contributed by atoms with Crippen molar-refractivity contribution >= 4 is 22.6 Å². The standard InChI is InChI=1S/C9H10FIO2/c1-4(2)5-3-6(11)9(13)7(10)8(5)12/h3-4,12-13H,1-2H3. The molecule has 0 radical (unpaired) electrons. The van der Waals surface area contributed by atoms with Crippen molar-refractivity contribution in [2.75, 3.05) is 0 Å². The van der Waals surface area contributed by atoms with E-state index >= 15 is 0 Å². The average Bonchev–Trinajstić information content (AvgIpc) is 2.07. The van der Waals surface area contributed by atoms with Crippen LogP contribution < -0.4 is 0 Å². The summed E-state index contributed by atoms with van der Waals surface area (Å²) >= 11 is 1.82. The van der Waals surface area contributed by atoms with Gasteiger partial charge in [-0.1, -0.05) is 13.8 Å². The van der Waals surface area contributed by atoms with Gasteiger partial charge in [-0.15, -0.1) is 0 Å². The first-order valence-electron chi connectivity index (χ1n) is 3.85. The van der Waals surface area contributed by atoms with E-state index in [1.54, 1.807) is 6.07 Å². The van der Waals surface area contributed by atoms with Gasteiger partial charge in [-0.2, -0.15) is 4.39 Å². The van der Waals surface area contributed by atoms with Gasteiger partial charge in [0.15, 0.2) is 11.5 Å². The number of benzene rings is 1. The van der Waals surface area contributed by atoms with Crippen molar-refractivity contribution in [3.8, 4) is 11.5 Å². The highest BCUT2D eigenvalue weighted by atomic mass is 127. The molecule has 0 saturated heterocycles. The summed E-state index contributed by atoms with van der Waals surface area (Å²) in [7, 11) is 0. The maximum Gasteiger partial charge on any atom is 0.207 e. The molecule has 0 fully saturated rings. The number of phenols is 2. The van der Waals surface area contributed by atoms with E-state index in [0.717, 1.165) is 0 Å². The molecule has 2 nitrogen and oxygen atoms in total. The minimum atomic E-state index is -0.935. The van der Waals surface area contributed by atoms with Crippen LogP contribution in [-0.2, 0) is 0 Å². The second-order valence-corrected chi connectivity index (χ2v) is 4.28. The zero-order valence-electron chi connectivity index (χ0n) is 7.31.